The van der Waals surface area contributed by atoms with Gasteiger partial charge in [-0.15, -0.1) is 0 Å². The third-order valence-corrected chi connectivity index (χ3v) is 4.12. The second kappa shape index (κ2) is 4.91. The van der Waals surface area contributed by atoms with Crippen LogP contribution in [0.5, 0.6) is 0 Å². The summed E-state index contributed by atoms with van der Waals surface area (Å²) in [7, 11) is -0.491. The molecule has 1 saturated heterocycles. The van der Waals surface area contributed by atoms with Gasteiger partial charge in [0, 0.05) is 0 Å². The summed E-state index contributed by atoms with van der Waals surface area (Å²) < 4.78 is 25.8. The molecule has 1 aromatic rings. The molecule has 2 nitrogen and oxygen atoms in total. The van der Waals surface area contributed by atoms with Crippen LogP contribution in [0.1, 0.15) is 46.6 Å². The lowest BCUT2D eigenvalue weighted by Crippen LogP contribution is -2.41. The Labute approximate surface area is 115 Å². The summed E-state index contributed by atoms with van der Waals surface area (Å²) in [6.07, 6.45) is 1.70. The highest BCUT2D eigenvalue weighted by molar-refractivity contribution is 6.62. The maximum absolute atomic E-state index is 14.0. The Morgan fingerprint density at radius 3 is 2.16 bits per heavy atom. The zero-order valence-corrected chi connectivity index (χ0v) is 12.4. The van der Waals surface area contributed by atoms with Crippen LogP contribution in [-0.4, -0.2) is 18.3 Å². The minimum atomic E-state index is -0.491. The van der Waals surface area contributed by atoms with Gasteiger partial charge in [0.25, 0.3) is 0 Å². The Kier molecular flexibility index (Phi) is 3.76. The summed E-state index contributed by atoms with van der Waals surface area (Å²) in [5, 5.41) is 0. The molecule has 0 aliphatic carbocycles. The van der Waals surface area contributed by atoms with Crippen LogP contribution in [0.3, 0.4) is 0 Å². The maximum atomic E-state index is 14.0. The summed E-state index contributed by atoms with van der Waals surface area (Å²) >= 11 is 0. The van der Waals surface area contributed by atoms with Crippen molar-refractivity contribution in [1.82, 2.24) is 0 Å². The highest BCUT2D eigenvalue weighted by Gasteiger charge is 2.51. The van der Waals surface area contributed by atoms with Gasteiger partial charge in [-0.05, 0) is 51.2 Å². The number of hydrogen-bond donors (Lipinski definition) is 0. The average molecular weight is 264 g/mol. The Morgan fingerprint density at radius 1 is 1.11 bits per heavy atom. The molecule has 1 heterocycles. The van der Waals surface area contributed by atoms with Gasteiger partial charge in [-0.1, -0.05) is 25.5 Å². The summed E-state index contributed by atoms with van der Waals surface area (Å²) in [6, 6.07) is 5.27. The van der Waals surface area contributed by atoms with Crippen LogP contribution < -0.4 is 5.46 Å². The number of aryl methyl sites for hydroxylation is 1. The van der Waals surface area contributed by atoms with Crippen LogP contribution >= 0.6 is 0 Å². The molecule has 1 fully saturated rings. The van der Waals surface area contributed by atoms with Crippen molar-refractivity contribution in [2.75, 3.05) is 0 Å². The lowest BCUT2D eigenvalue weighted by molar-refractivity contribution is 0.00578. The minimum absolute atomic E-state index is 0.172. The van der Waals surface area contributed by atoms with Crippen LogP contribution in [-0.2, 0) is 15.7 Å². The molecule has 0 radical (unpaired) electrons. The molecule has 1 aromatic carbocycles. The van der Waals surface area contributed by atoms with Crippen molar-refractivity contribution in [2.45, 2.75) is 58.7 Å². The number of rotatable bonds is 3. The van der Waals surface area contributed by atoms with Gasteiger partial charge < -0.3 is 9.31 Å². The molecule has 0 N–H and O–H groups in total. The van der Waals surface area contributed by atoms with E-state index in [1.807, 2.05) is 46.8 Å². The largest absolute Gasteiger partial charge is 0.494 e. The van der Waals surface area contributed by atoms with Gasteiger partial charge in [0.15, 0.2) is 0 Å². The van der Waals surface area contributed by atoms with E-state index in [0.29, 0.717) is 0 Å². The van der Waals surface area contributed by atoms with E-state index in [2.05, 4.69) is 0 Å². The fourth-order valence-electron chi connectivity index (χ4n) is 2.16. The first-order valence-electron chi connectivity index (χ1n) is 6.91. The highest BCUT2D eigenvalue weighted by atomic mass is 19.1. The fourth-order valence-corrected chi connectivity index (χ4v) is 2.16. The molecule has 0 saturated carbocycles. The van der Waals surface area contributed by atoms with Gasteiger partial charge in [-0.3, -0.25) is 0 Å². The van der Waals surface area contributed by atoms with Crippen LogP contribution in [0.25, 0.3) is 0 Å². The molecule has 0 amide bonds. The highest BCUT2D eigenvalue weighted by Crippen LogP contribution is 2.36. The Balaban J connectivity index is 2.23. The van der Waals surface area contributed by atoms with Crippen molar-refractivity contribution < 1.29 is 13.7 Å². The lowest BCUT2D eigenvalue weighted by atomic mass is 9.78. The van der Waals surface area contributed by atoms with Crippen LogP contribution in [0.4, 0.5) is 4.39 Å². The van der Waals surface area contributed by atoms with E-state index in [1.165, 1.54) is 6.07 Å². The van der Waals surface area contributed by atoms with Crippen LogP contribution in [0.15, 0.2) is 18.2 Å². The molecule has 1 aliphatic rings. The van der Waals surface area contributed by atoms with E-state index >= 15 is 0 Å². The standard InChI is InChI=1S/C15H22BFO2/c1-6-7-11-8-9-12(10-13(11)17)16-18-14(2,3)15(4,5)19-16/h8-10H,6-7H2,1-5H3. The average Bonchev–Trinajstić information content (AvgIpc) is 2.51. The molecule has 104 valence electrons. The van der Waals surface area contributed by atoms with E-state index in [0.717, 1.165) is 23.9 Å². The molecule has 19 heavy (non-hydrogen) atoms. The lowest BCUT2D eigenvalue weighted by Gasteiger charge is -2.32. The molecule has 0 bridgehead atoms. The second-order valence-corrected chi connectivity index (χ2v) is 6.19. The zero-order valence-electron chi connectivity index (χ0n) is 12.4. The first kappa shape index (κ1) is 14.5. The van der Waals surface area contributed by atoms with E-state index in [9.17, 15) is 4.39 Å². The molecule has 4 heteroatoms. The topological polar surface area (TPSA) is 18.5 Å². The number of halogens is 1. The molecule has 2 rings (SSSR count). The number of hydrogen-bond acceptors (Lipinski definition) is 2. The van der Waals surface area contributed by atoms with E-state index in [1.54, 1.807) is 0 Å². The third-order valence-electron chi connectivity index (χ3n) is 4.12. The van der Waals surface area contributed by atoms with Gasteiger partial charge in [-0.2, -0.15) is 0 Å². The molecule has 1 aliphatic heterocycles. The van der Waals surface area contributed by atoms with E-state index in [4.69, 9.17) is 9.31 Å². The van der Waals surface area contributed by atoms with Gasteiger partial charge in [0.2, 0.25) is 0 Å². The monoisotopic (exact) mass is 264 g/mol. The van der Waals surface area contributed by atoms with Crippen molar-refractivity contribution >= 4 is 12.6 Å². The minimum Gasteiger partial charge on any atom is -0.399 e. The first-order valence-corrected chi connectivity index (χ1v) is 6.91. The second-order valence-electron chi connectivity index (χ2n) is 6.19. The predicted molar refractivity (Wildman–Crippen MR) is 76.1 cm³/mol. The summed E-state index contributed by atoms with van der Waals surface area (Å²) in [5.74, 6) is -0.172. The molecule has 0 spiro atoms. The van der Waals surface area contributed by atoms with E-state index < -0.39 is 18.3 Å². The maximum Gasteiger partial charge on any atom is 0.494 e. The summed E-state index contributed by atoms with van der Waals surface area (Å²) in [5.41, 5.74) is 0.714. The SMILES string of the molecule is CCCc1ccc(B2OC(C)(C)C(C)(C)O2)cc1F. The molecule has 0 unspecified atom stereocenters. The van der Waals surface area contributed by atoms with Crippen molar-refractivity contribution in [2.24, 2.45) is 0 Å². The zero-order chi connectivity index (χ0) is 14.3. The summed E-state index contributed by atoms with van der Waals surface area (Å²) in [6.45, 7) is 10.0. The number of benzene rings is 1. The van der Waals surface area contributed by atoms with Crippen molar-refractivity contribution in [1.29, 1.82) is 0 Å². The smallest absolute Gasteiger partial charge is 0.399 e. The molecular formula is C15H22BFO2. The predicted octanol–water partition coefficient (Wildman–Crippen LogP) is 3.08. The molecular weight excluding hydrogens is 242 g/mol. The van der Waals surface area contributed by atoms with E-state index in [-0.39, 0.29) is 5.82 Å². The van der Waals surface area contributed by atoms with Crippen molar-refractivity contribution in [3.63, 3.8) is 0 Å². The van der Waals surface area contributed by atoms with Gasteiger partial charge >= 0.3 is 7.12 Å². The third kappa shape index (κ3) is 2.70. The Hall–Kier alpha value is -0.865. The first-order chi connectivity index (χ1) is 8.77. The Bertz CT molecular complexity index is 455. The quantitative estimate of drug-likeness (QED) is 0.781. The fraction of sp³-hybridized carbons (Fsp3) is 0.600. The van der Waals surface area contributed by atoms with Crippen molar-refractivity contribution in [3.05, 3.63) is 29.6 Å². The van der Waals surface area contributed by atoms with Crippen LogP contribution in [0.2, 0.25) is 0 Å². The summed E-state index contributed by atoms with van der Waals surface area (Å²) in [4.78, 5) is 0. The molecule has 0 aromatic heterocycles. The normalized spacial score (nSPS) is 20.8. The van der Waals surface area contributed by atoms with Crippen LogP contribution in [0, 0.1) is 5.82 Å². The van der Waals surface area contributed by atoms with Crippen molar-refractivity contribution in [3.8, 4) is 0 Å². The van der Waals surface area contributed by atoms with Gasteiger partial charge in [0.1, 0.15) is 5.82 Å². The van der Waals surface area contributed by atoms with Gasteiger partial charge in [-0.25, -0.2) is 4.39 Å². The molecule has 0 atom stereocenters. The Morgan fingerprint density at radius 2 is 1.68 bits per heavy atom. The van der Waals surface area contributed by atoms with Gasteiger partial charge in [0.05, 0.1) is 11.2 Å².